The van der Waals surface area contributed by atoms with Crippen molar-refractivity contribution in [1.82, 2.24) is 9.55 Å². The predicted octanol–water partition coefficient (Wildman–Crippen LogP) is 12.7. The standard InChI is InChI=1S/C45H30N2S/c1-2-43-46-39-16-8-9-17-40(39)47(43)32-23-21-28-25-30(20-19-29(28)26-32)44-34-12-3-5-14-36(34)45(37-15-6-4-13-35(37)44)31-22-24-42-38(27-31)33-11-7-10-18-41(33)48-42/h3-27H,2H2,1H3. The van der Waals surface area contributed by atoms with Gasteiger partial charge in [-0.2, -0.15) is 0 Å². The van der Waals surface area contributed by atoms with Gasteiger partial charge in [-0.25, -0.2) is 4.98 Å². The van der Waals surface area contributed by atoms with E-state index in [0.717, 1.165) is 29.0 Å². The highest BCUT2D eigenvalue weighted by molar-refractivity contribution is 7.25. The smallest absolute Gasteiger partial charge is 0.114 e. The molecule has 0 saturated heterocycles. The molecule has 2 nitrogen and oxygen atoms in total. The van der Waals surface area contributed by atoms with E-state index in [1.165, 1.54) is 74.7 Å². The van der Waals surface area contributed by atoms with Crippen molar-refractivity contribution in [1.29, 1.82) is 0 Å². The molecule has 0 atom stereocenters. The second-order valence-electron chi connectivity index (χ2n) is 12.6. The summed E-state index contributed by atoms with van der Waals surface area (Å²) in [6, 6.07) is 55.8. The van der Waals surface area contributed by atoms with Crippen LogP contribution in [-0.2, 0) is 6.42 Å². The highest BCUT2D eigenvalue weighted by atomic mass is 32.1. The van der Waals surface area contributed by atoms with E-state index in [0.29, 0.717) is 0 Å². The van der Waals surface area contributed by atoms with E-state index < -0.39 is 0 Å². The number of benzene rings is 8. The van der Waals surface area contributed by atoms with Crippen LogP contribution in [0.15, 0.2) is 152 Å². The zero-order valence-electron chi connectivity index (χ0n) is 26.4. The van der Waals surface area contributed by atoms with Crippen LogP contribution in [-0.4, -0.2) is 9.55 Å². The first-order chi connectivity index (χ1) is 23.7. The van der Waals surface area contributed by atoms with E-state index >= 15 is 0 Å². The number of rotatable bonds is 4. The quantitative estimate of drug-likeness (QED) is 0.177. The lowest BCUT2D eigenvalue weighted by Gasteiger charge is -2.18. The molecule has 10 aromatic rings. The molecule has 0 fully saturated rings. The summed E-state index contributed by atoms with van der Waals surface area (Å²) >= 11 is 1.87. The maximum Gasteiger partial charge on any atom is 0.114 e. The number of hydrogen-bond donors (Lipinski definition) is 0. The summed E-state index contributed by atoms with van der Waals surface area (Å²) in [6.45, 7) is 2.17. The van der Waals surface area contributed by atoms with E-state index in [4.69, 9.17) is 4.98 Å². The van der Waals surface area contributed by atoms with Crippen LogP contribution in [0.3, 0.4) is 0 Å². The normalized spacial score (nSPS) is 11.9. The van der Waals surface area contributed by atoms with Crippen LogP contribution in [0.1, 0.15) is 12.7 Å². The van der Waals surface area contributed by atoms with E-state index in [9.17, 15) is 0 Å². The molecule has 0 unspecified atom stereocenters. The molecule has 226 valence electrons. The third-order valence-corrected chi connectivity index (χ3v) is 11.1. The first-order valence-corrected chi connectivity index (χ1v) is 17.4. The lowest BCUT2D eigenvalue weighted by atomic mass is 9.85. The molecule has 0 aliphatic heterocycles. The summed E-state index contributed by atoms with van der Waals surface area (Å²) in [5.41, 5.74) is 8.41. The monoisotopic (exact) mass is 630 g/mol. The number of aromatic nitrogens is 2. The van der Waals surface area contributed by atoms with Gasteiger partial charge in [0.1, 0.15) is 5.82 Å². The molecule has 0 N–H and O–H groups in total. The van der Waals surface area contributed by atoms with Crippen molar-refractivity contribution in [2.75, 3.05) is 0 Å². The van der Waals surface area contributed by atoms with Gasteiger partial charge in [0, 0.05) is 32.3 Å². The van der Waals surface area contributed by atoms with E-state index in [1.54, 1.807) is 0 Å². The van der Waals surface area contributed by atoms with Crippen LogP contribution in [0.4, 0.5) is 0 Å². The van der Waals surface area contributed by atoms with E-state index in [-0.39, 0.29) is 0 Å². The minimum Gasteiger partial charge on any atom is -0.296 e. The molecule has 2 aromatic heterocycles. The molecule has 0 amide bonds. The maximum atomic E-state index is 4.92. The fraction of sp³-hybridized carbons (Fsp3) is 0.0444. The summed E-state index contributed by atoms with van der Waals surface area (Å²) in [7, 11) is 0. The van der Waals surface area contributed by atoms with Crippen molar-refractivity contribution in [2.24, 2.45) is 0 Å². The summed E-state index contributed by atoms with van der Waals surface area (Å²) in [6.07, 6.45) is 0.875. The van der Waals surface area contributed by atoms with Gasteiger partial charge in [0.15, 0.2) is 0 Å². The van der Waals surface area contributed by atoms with Gasteiger partial charge in [0.2, 0.25) is 0 Å². The molecule has 2 heterocycles. The molecular weight excluding hydrogens is 601 g/mol. The van der Waals surface area contributed by atoms with Crippen LogP contribution in [0.25, 0.3) is 91.5 Å². The Kier molecular flexibility index (Phi) is 6.06. The van der Waals surface area contributed by atoms with Crippen molar-refractivity contribution >= 4 is 74.9 Å². The number of aryl methyl sites for hydroxylation is 1. The van der Waals surface area contributed by atoms with Crippen LogP contribution in [0, 0.1) is 0 Å². The number of hydrogen-bond acceptors (Lipinski definition) is 2. The van der Waals surface area contributed by atoms with Gasteiger partial charge < -0.3 is 0 Å². The molecule has 8 aromatic carbocycles. The zero-order valence-corrected chi connectivity index (χ0v) is 27.3. The van der Waals surface area contributed by atoms with Gasteiger partial charge in [-0.3, -0.25) is 4.57 Å². The topological polar surface area (TPSA) is 17.8 Å². The number of para-hydroxylation sites is 2. The first kappa shape index (κ1) is 27.4. The van der Waals surface area contributed by atoms with Crippen LogP contribution in [0.2, 0.25) is 0 Å². The molecule has 0 spiro atoms. The molecule has 0 aliphatic carbocycles. The van der Waals surface area contributed by atoms with Crippen molar-refractivity contribution in [2.45, 2.75) is 13.3 Å². The minimum absolute atomic E-state index is 0.875. The Morgan fingerprint density at radius 1 is 0.500 bits per heavy atom. The fourth-order valence-electron chi connectivity index (χ4n) is 7.76. The summed E-state index contributed by atoms with van der Waals surface area (Å²) < 4.78 is 4.97. The third-order valence-electron chi connectivity index (χ3n) is 9.91. The SMILES string of the molecule is CCc1nc2ccccc2n1-c1ccc2cc(-c3c4ccccc4c(-c4ccc5sc6ccccc6c5c4)c4ccccc34)ccc2c1. The molecule has 0 radical (unpaired) electrons. The maximum absolute atomic E-state index is 4.92. The predicted molar refractivity (Wildman–Crippen MR) is 207 cm³/mol. The summed E-state index contributed by atoms with van der Waals surface area (Å²) in [4.78, 5) is 4.92. The average molecular weight is 631 g/mol. The van der Waals surface area contributed by atoms with Gasteiger partial charge in [0.05, 0.1) is 11.0 Å². The zero-order chi connectivity index (χ0) is 31.8. The lowest BCUT2D eigenvalue weighted by Crippen LogP contribution is -2.00. The average Bonchev–Trinajstić information content (AvgIpc) is 3.71. The minimum atomic E-state index is 0.875. The van der Waals surface area contributed by atoms with Crippen LogP contribution in [0.5, 0.6) is 0 Å². The van der Waals surface area contributed by atoms with Gasteiger partial charge in [-0.1, -0.05) is 110 Å². The lowest BCUT2D eigenvalue weighted by molar-refractivity contribution is 0.909. The summed E-state index contributed by atoms with van der Waals surface area (Å²) in [5.74, 6) is 1.08. The highest BCUT2D eigenvalue weighted by Gasteiger charge is 2.18. The Morgan fingerprint density at radius 2 is 1.06 bits per heavy atom. The molecule has 0 aliphatic rings. The van der Waals surface area contributed by atoms with E-state index in [1.807, 2.05) is 11.3 Å². The van der Waals surface area contributed by atoms with Crippen molar-refractivity contribution in [3.8, 4) is 27.9 Å². The molecule has 0 bridgehead atoms. The largest absolute Gasteiger partial charge is 0.296 e. The van der Waals surface area contributed by atoms with Gasteiger partial charge in [-0.15, -0.1) is 11.3 Å². The van der Waals surface area contributed by atoms with Crippen LogP contribution >= 0.6 is 11.3 Å². The van der Waals surface area contributed by atoms with Gasteiger partial charge in [0.25, 0.3) is 0 Å². The Hall–Kier alpha value is -5.77. The van der Waals surface area contributed by atoms with E-state index in [2.05, 4.69) is 163 Å². The Labute approximate surface area is 282 Å². The first-order valence-electron chi connectivity index (χ1n) is 16.6. The second kappa shape index (κ2) is 10.6. The summed E-state index contributed by atoms with van der Waals surface area (Å²) in [5, 5.41) is 10.2. The number of fused-ring (bicyclic) bond motifs is 7. The Morgan fingerprint density at radius 3 is 1.79 bits per heavy atom. The van der Waals surface area contributed by atoms with Gasteiger partial charge >= 0.3 is 0 Å². The second-order valence-corrected chi connectivity index (χ2v) is 13.7. The van der Waals surface area contributed by atoms with Crippen molar-refractivity contribution in [3.63, 3.8) is 0 Å². The van der Waals surface area contributed by atoms with Crippen molar-refractivity contribution < 1.29 is 0 Å². The van der Waals surface area contributed by atoms with Crippen molar-refractivity contribution in [3.05, 3.63) is 157 Å². The fourth-order valence-corrected chi connectivity index (χ4v) is 8.85. The Bertz CT molecular complexity index is 2830. The number of nitrogens with zero attached hydrogens (tertiary/aromatic N) is 2. The highest BCUT2D eigenvalue weighted by Crippen LogP contribution is 2.45. The van der Waals surface area contributed by atoms with Crippen LogP contribution < -0.4 is 0 Å². The number of thiophene rings is 1. The number of imidazole rings is 1. The molecular formula is C45H30N2S. The molecule has 3 heteroatoms. The Balaban J connectivity index is 1.18. The molecule has 48 heavy (non-hydrogen) atoms. The van der Waals surface area contributed by atoms with Gasteiger partial charge in [-0.05, 0) is 103 Å². The molecule has 0 saturated carbocycles. The molecule has 10 rings (SSSR count). The third kappa shape index (κ3) is 4.08.